The van der Waals surface area contributed by atoms with Crippen LogP contribution in [0, 0.1) is 0 Å². The van der Waals surface area contributed by atoms with Crippen LogP contribution in [0.15, 0.2) is 217 Å². The Labute approximate surface area is 335 Å². The number of hydrogen-bond acceptors (Lipinski definition) is 3. The van der Waals surface area contributed by atoms with Gasteiger partial charge >= 0.3 is 0 Å². The van der Waals surface area contributed by atoms with Crippen molar-refractivity contribution in [3.05, 3.63) is 212 Å². The number of rotatable bonds is 7. The Morgan fingerprint density at radius 1 is 0.316 bits per heavy atom. The molecule has 0 radical (unpaired) electrons. The molecule has 0 bridgehead atoms. The van der Waals surface area contributed by atoms with Gasteiger partial charge in [-0.3, -0.25) is 0 Å². The predicted octanol–water partition coefficient (Wildman–Crippen LogP) is 16.1. The lowest BCUT2D eigenvalue weighted by Gasteiger charge is -2.27. The van der Waals surface area contributed by atoms with Crippen LogP contribution >= 0.6 is 11.3 Å². The van der Waals surface area contributed by atoms with Gasteiger partial charge in [0.1, 0.15) is 11.2 Å². The molecule has 0 aliphatic rings. The van der Waals surface area contributed by atoms with Crippen LogP contribution in [0.5, 0.6) is 0 Å². The van der Waals surface area contributed by atoms with Crippen LogP contribution in [-0.2, 0) is 0 Å². The zero-order valence-electron chi connectivity index (χ0n) is 31.0. The van der Waals surface area contributed by atoms with Gasteiger partial charge in [-0.2, -0.15) is 0 Å². The molecule has 0 amide bonds. The van der Waals surface area contributed by atoms with Crippen molar-refractivity contribution in [3.63, 3.8) is 0 Å². The maximum Gasteiger partial charge on any atom is 0.137 e. The van der Waals surface area contributed by atoms with Crippen LogP contribution in [-0.4, -0.2) is 0 Å². The molecule has 2 nitrogen and oxygen atoms in total. The second kappa shape index (κ2) is 13.8. The molecule has 0 spiro atoms. The van der Waals surface area contributed by atoms with Gasteiger partial charge in [-0.25, -0.2) is 0 Å². The first-order valence-corrected chi connectivity index (χ1v) is 20.2. The highest BCUT2D eigenvalue weighted by Gasteiger charge is 2.24. The molecule has 0 saturated heterocycles. The molecule has 0 N–H and O–H groups in total. The smallest absolute Gasteiger partial charge is 0.137 e. The number of benzene rings is 9. The molecule has 0 unspecified atom stereocenters. The van der Waals surface area contributed by atoms with Crippen LogP contribution < -0.4 is 4.90 Å². The van der Waals surface area contributed by atoms with Crippen molar-refractivity contribution >= 4 is 70.5 Å². The first-order chi connectivity index (χ1) is 28.3. The van der Waals surface area contributed by atoms with Gasteiger partial charge in [0.2, 0.25) is 0 Å². The molecule has 2 heterocycles. The van der Waals surface area contributed by atoms with Crippen LogP contribution in [0.4, 0.5) is 17.1 Å². The van der Waals surface area contributed by atoms with E-state index >= 15 is 0 Å². The number of furan rings is 1. The van der Waals surface area contributed by atoms with E-state index in [-0.39, 0.29) is 0 Å². The van der Waals surface area contributed by atoms with Crippen molar-refractivity contribution in [1.29, 1.82) is 0 Å². The molecule has 0 saturated carbocycles. The summed E-state index contributed by atoms with van der Waals surface area (Å²) < 4.78 is 8.99. The summed E-state index contributed by atoms with van der Waals surface area (Å²) in [4.78, 5) is 2.44. The monoisotopic (exact) mass is 745 g/mol. The number of thiophene rings is 1. The minimum atomic E-state index is 0.870. The van der Waals surface area contributed by atoms with Gasteiger partial charge in [0.15, 0.2) is 0 Å². The molecule has 2 aromatic heterocycles. The van der Waals surface area contributed by atoms with E-state index in [1.54, 1.807) is 0 Å². The average Bonchev–Trinajstić information content (AvgIpc) is 3.88. The second-order valence-corrected chi connectivity index (χ2v) is 15.4. The quantitative estimate of drug-likeness (QED) is 0.162. The second-order valence-electron chi connectivity index (χ2n) is 14.4. The van der Waals surface area contributed by atoms with Crippen molar-refractivity contribution in [1.82, 2.24) is 0 Å². The summed E-state index contributed by atoms with van der Waals surface area (Å²) in [6.45, 7) is 0. The van der Waals surface area contributed by atoms with Gasteiger partial charge < -0.3 is 9.32 Å². The number of hydrogen-bond donors (Lipinski definition) is 0. The standard InChI is InChI=1S/C54H35NOS/c1-4-14-36(15-5-1)37-26-28-38(29-27-37)39-30-32-42(33-31-39)55(47-22-13-25-50-52(47)45-20-10-11-24-49(45)56-50)48-23-12-21-46-51-43(40-16-6-2-7-17-40)34-35-44(54(51)57-53(46)48)41-18-8-3-9-19-41/h1-35H. The molecule has 3 heteroatoms. The molecule has 0 aliphatic heterocycles. The third-order valence-corrected chi connectivity index (χ3v) is 12.4. The zero-order chi connectivity index (χ0) is 37.7. The Balaban J connectivity index is 1.14. The lowest BCUT2D eigenvalue weighted by atomic mass is 9.95. The van der Waals surface area contributed by atoms with Crippen LogP contribution in [0.2, 0.25) is 0 Å². The SMILES string of the molecule is c1ccc(-c2ccc(-c3ccc(N(c4cccc5c4sc4c(-c6ccccc6)ccc(-c6ccccc6)c45)c4cccc5oc6ccccc6c45)cc3)cc2)cc1. The van der Waals surface area contributed by atoms with E-state index in [1.807, 2.05) is 17.4 Å². The summed E-state index contributed by atoms with van der Waals surface area (Å²) in [5.74, 6) is 0. The maximum absolute atomic E-state index is 6.47. The molecule has 11 rings (SSSR count). The molecule has 0 fully saturated rings. The molecule has 9 aromatic carbocycles. The molecule has 268 valence electrons. The third kappa shape index (κ3) is 5.71. The molecule has 11 aromatic rings. The highest BCUT2D eigenvalue weighted by molar-refractivity contribution is 7.27. The summed E-state index contributed by atoms with van der Waals surface area (Å²) in [5, 5.41) is 4.73. The van der Waals surface area contributed by atoms with E-state index in [0.717, 1.165) is 39.0 Å². The van der Waals surface area contributed by atoms with Gasteiger partial charge in [0.05, 0.1) is 21.5 Å². The summed E-state index contributed by atoms with van der Waals surface area (Å²) in [6.07, 6.45) is 0. The highest BCUT2D eigenvalue weighted by Crippen LogP contribution is 2.51. The summed E-state index contributed by atoms with van der Waals surface area (Å²) >= 11 is 1.88. The molecule has 0 aliphatic carbocycles. The van der Waals surface area contributed by atoms with Crippen molar-refractivity contribution in [2.45, 2.75) is 0 Å². The Hall–Kier alpha value is -7.20. The number of fused-ring (bicyclic) bond motifs is 6. The van der Waals surface area contributed by atoms with Gasteiger partial charge in [-0.1, -0.05) is 176 Å². The Bertz CT molecular complexity index is 3200. The largest absolute Gasteiger partial charge is 0.456 e. The van der Waals surface area contributed by atoms with E-state index in [2.05, 4.69) is 211 Å². The molecular formula is C54H35NOS. The minimum absolute atomic E-state index is 0.870. The van der Waals surface area contributed by atoms with E-state index in [4.69, 9.17) is 4.42 Å². The fourth-order valence-corrected chi connectivity index (χ4v) is 9.77. The number of para-hydroxylation sites is 1. The Kier molecular flexibility index (Phi) is 8.04. The molecular weight excluding hydrogens is 711 g/mol. The third-order valence-electron chi connectivity index (χ3n) is 11.1. The summed E-state index contributed by atoms with van der Waals surface area (Å²) in [5.41, 5.74) is 14.7. The minimum Gasteiger partial charge on any atom is -0.456 e. The van der Waals surface area contributed by atoms with E-state index in [9.17, 15) is 0 Å². The molecule has 57 heavy (non-hydrogen) atoms. The zero-order valence-corrected chi connectivity index (χ0v) is 31.8. The molecule has 0 atom stereocenters. The van der Waals surface area contributed by atoms with Crippen LogP contribution in [0.3, 0.4) is 0 Å². The fourth-order valence-electron chi connectivity index (χ4n) is 8.41. The lowest BCUT2D eigenvalue weighted by Crippen LogP contribution is -2.10. The van der Waals surface area contributed by atoms with Gasteiger partial charge in [0, 0.05) is 26.5 Å². The van der Waals surface area contributed by atoms with Gasteiger partial charge in [0.25, 0.3) is 0 Å². The number of anilines is 3. The van der Waals surface area contributed by atoms with E-state index < -0.39 is 0 Å². The van der Waals surface area contributed by atoms with E-state index in [0.29, 0.717) is 0 Å². The van der Waals surface area contributed by atoms with Crippen molar-refractivity contribution in [2.75, 3.05) is 4.90 Å². The summed E-state index contributed by atoms with van der Waals surface area (Å²) in [6, 6.07) is 76.2. The van der Waals surface area contributed by atoms with Crippen LogP contribution in [0.25, 0.3) is 86.6 Å². The van der Waals surface area contributed by atoms with Crippen molar-refractivity contribution in [2.24, 2.45) is 0 Å². The van der Waals surface area contributed by atoms with Crippen molar-refractivity contribution < 1.29 is 4.42 Å². The predicted molar refractivity (Wildman–Crippen MR) is 243 cm³/mol. The fraction of sp³-hybridized carbons (Fsp3) is 0. The highest BCUT2D eigenvalue weighted by atomic mass is 32.1. The lowest BCUT2D eigenvalue weighted by molar-refractivity contribution is 0.669. The maximum atomic E-state index is 6.47. The summed E-state index contributed by atoms with van der Waals surface area (Å²) in [7, 11) is 0. The average molecular weight is 746 g/mol. The van der Waals surface area contributed by atoms with E-state index in [1.165, 1.54) is 64.7 Å². The van der Waals surface area contributed by atoms with Crippen LogP contribution in [0.1, 0.15) is 0 Å². The van der Waals surface area contributed by atoms with Gasteiger partial charge in [-0.05, 0) is 80.9 Å². The first kappa shape index (κ1) is 33.2. The topological polar surface area (TPSA) is 16.4 Å². The van der Waals surface area contributed by atoms with Crippen molar-refractivity contribution in [3.8, 4) is 44.5 Å². The normalized spacial score (nSPS) is 11.5. The van der Waals surface area contributed by atoms with Gasteiger partial charge in [-0.15, -0.1) is 11.3 Å². The first-order valence-electron chi connectivity index (χ1n) is 19.3. The number of nitrogens with zero attached hydrogens (tertiary/aromatic N) is 1. The Morgan fingerprint density at radius 2 is 0.807 bits per heavy atom. The Morgan fingerprint density at radius 3 is 1.49 bits per heavy atom.